The second kappa shape index (κ2) is 9.83. The monoisotopic (exact) mass is 572 g/mol. The highest BCUT2D eigenvalue weighted by Crippen LogP contribution is 2.48. The van der Waals surface area contributed by atoms with Gasteiger partial charge in [0.2, 0.25) is 5.91 Å². The summed E-state index contributed by atoms with van der Waals surface area (Å²) >= 11 is 6.25. The number of para-hydroxylation sites is 1. The first-order chi connectivity index (χ1) is 18.3. The standard InChI is InChI=1S/C28H33ClN4O5S/c1-27(2,18-34)30-26(36)31-16-28(17-31)22-7-4-5-8-24(22)33(25(28)35)15-21-14-19-13-20(29)9-10-23(19)32(21)11-6-12-39(3,37)38/h4-5,7-10,13-14,34H,6,11-12,15-18H2,1-3H3,(H,30,36). The van der Waals surface area contributed by atoms with Crippen LogP contribution in [0.4, 0.5) is 10.5 Å². The van der Waals surface area contributed by atoms with Crippen LogP contribution >= 0.6 is 11.6 Å². The lowest BCUT2D eigenvalue weighted by Gasteiger charge is -2.47. The van der Waals surface area contributed by atoms with Gasteiger partial charge in [-0.3, -0.25) is 4.79 Å². The van der Waals surface area contributed by atoms with Gasteiger partial charge >= 0.3 is 6.03 Å². The van der Waals surface area contributed by atoms with Crippen molar-refractivity contribution in [3.8, 4) is 0 Å². The Labute approximate surface area is 233 Å². The van der Waals surface area contributed by atoms with Crippen LogP contribution < -0.4 is 10.2 Å². The first kappa shape index (κ1) is 27.5. The molecule has 2 aliphatic heterocycles. The smallest absolute Gasteiger partial charge is 0.317 e. The van der Waals surface area contributed by atoms with Crippen molar-refractivity contribution in [3.05, 3.63) is 64.8 Å². The third-order valence-corrected chi connectivity index (χ3v) is 8.85. The minimum atomic E-state index is -3.11. The average molecular weight is 573 g/mol. The number of benzene rings is 2. The fourth-order valence-electron chi connectivity index (χ4n) is 5.56. The lowest BCUT2D eigenvalue weighted by Crippen LogP contribution is -2.68. The molecule has 1 aromatic heterocycles. The summed E-state index contributed by atoms with van der Waals surface area (Å²) in [5.41, 5.74) is 1.91. The van der Waals surface area contributed by atoms with E-state index in [2.05, 4.69) is 9.88 Å². The van der Waals surface area contributed by atoms with Gasteiger partial charge in [0, 0.05) is 53.2 Å². The van der Waals surface area contributed by atoms with Gasteiger partial charge in [-0.15, -0.1) is 0 Å². The first-order valence-corrected chi connectivity index (χ1v) is 15.3. The number of urea groups is 1. The van der Waals surface area contributed by atoms with Crippen molar-refractivity contribution in [2.24, 2.45) is 0 Å². The van der Waals surface area contributed by atoms with Crippen LogP contribution in [0.2, 0.25) is 5.02 Å². The molecule has 11 heteroatoms. The summed E-state index contributed by atoms with van der Waals surface area (Å²) in [6.07, 6.45) is 1.68. The Balaban J connectivity index is 1.44. The number of fused-ring (bicyclic) bond motifs is 3. The molecular weight excluding hydrogens is 540 g/mol. The van der Waals surface area contributed by atoms with Crippen molar-refractivity contribution >= 4 is 50.0 Å². The van der Waals surface area contributed by atoms with E-state index < -0.39 is 20.8 Å². The normalized spacial score (nSPS) is 16.6. The van der Waals surface area contributed by atoms with E-state index >= 15 is 0 Å². The second-order valence-corrected chi connectivity index (χ2v) is 14.0. The zero-order valence-corrected chi connectivity index (χ0v) is 23.8. The number of aliphatic hydroxyl groups excluding tert-OH is 1. The molecule has 0 aliphatic carbocycles. The van der Waals surface area contributed by atoms with Crippen LogP contribution in [0.3, 0.4) is 0 Å². The van der Waals surface area contributed by atoms with E-state index in [1.165, 1.54) is 6.26 Å². The van der Waals surface area contributed by atoms with Crippen LogP contribution in [0, 0.1) is 0 Å². The van der Waals surface area contributed by atoms with Crippen molar-refractivity contribution in [1.82, 2.24) is 14.8 Å². The van der Waals surface area contributed by atoms with Crippen LogP contribution in [0.25, 0.3) is 10.9 Å². The van der Waals surface area contributed by atoms with Gasteiger partial charge < -0.3 is 24.8 Å². The topological polar surface area (TPSA) is 112 Å². The highest BCUT2D eigenvalue weighted by molar-refractivity contribution is 7.90. The number of aryl methyl sites for hydroxylation is 1. The average Bonchev–Trinajstić information content (AvgIpc) is 3.29. The second-order valence-electron chi connectivity index (χ2n) is 11.3. The van der Waals surface area contributed by atoms with E-state index in [1.54, 1.807) is 29.7 Å². The minimum Gasteiger partial charge on any atom is -0.394 e. The Kier molecular flexibility index (Phi) is 6.93. The predicted octanol–water partition coefficient (Wildman–Crippen LogP) is 3.31. The highest BCUT2D eigenvalue weighted by atomic mass is 35.5. The molecule has 1 fully saturated rings. The SMILES string of the molecule is CC(C)(CO)NC(=O)N1CC2(C1)C(=O)N(Cc1cc3cc(Cl)ccc3n1CCCS(C)(=O)=O)c1ccccc12. The van der Waals surface area contributed by atoms with Gasteiger partial charge in [0.05, 0.1) is 24.4 Å². The number of anilines is 1. The molecule has 39 heavy (non-hydrogen) atoms. The number of rotatable bonds is 8. The zero-order chi connectivity index (χ0) is 28.2. The Bertz CT molecular complexity index is 1560. The van der Waals surface area contributed by atoms with Gasteiger partial charge in [-0.05, 0) is 56.2 Å². The molecule has 0 bridgehead atoms. The summed E-state index contributed by atoms with van der Waals surface area (Å²) < 4.78 is 25.6. The zero-order valence-electron chi connectivity index (χ0n) is 22.3. The number of aromatic nitrogens is 1. The number of hydrogen-bond acceptors (Lipinski definition) is 5. The number of likely N-dealkylation sites (tertiary alicyclic amines) is 1. The van der Waals surface area contributed by atoms with Gasteiger partial charge in [0.25, 0.3) is 0 Å². The van der Waals surface area contributed by atoms with Crippen LogP contribution in [0.1, 0.15) is 31.5 Å². The number of sulfone groups is 1. The summed E-state index contributed by atoms with van der Waals surface area (Å²) in [7, 11) is -3.11. The van der Waals surface area contributed by atoms with E-state index in [0.29, 0.717) is 24.5 Å². The molecule has 1 spiro atoms. The molecule has 0 atom stereocenters. The Morgan fingerprint density at radius 3 is 2.56 bits per heavy atom. The maximum atomic E-state index is 14.0. The van der Waals surface area contributed by atoms with E-state index in [-0.39, 0.29) is 37.4 Å². The fourth-order valence-corrected chi connectivity index (χ4v) is 6.39. The van der Waals surface area contributed by atoms with Crippen LogP contribution in [-0.4, -0.2) is 72.2 Å². The number of amides is 3. The molecule has 3 amide bonds. The number of carbonyl (C=O) groups is 2. The lowest BCUT2D eigenvalue weighted by atomic mass is 9.74. The summed E-state index contributed by atoms with van der Waals surface area (Å²) in [4.78, 5) is 30.2. The molecule has 0 saturated carbocycles. The number of nitrogens with one attached hydrogen (secondary N) is 1. The molecule has 2 aliphatic rings. The first-order valence-electron chi connectivity index (χ1n) is 12.9. The van der Waals surface area contributed by atoms with Crippen LogP contribution in [-0.2, 0) is 33.1 Å². The number of hydrogen-bond donors (Lipinski definition) is 2. The quantitative estimate of drug-likeness (QED) is 0.430. The van der Waals surface area contributed by atoms with Gasteiger partial charge in [-0.1, -0.05) is 29.8 Å². The number of carbonyl (C=O) groups excluding carboxylic acids is 2. The summed E-state index contributed by atoms with van der Waals surface area (Å²) in [5, 5.41) is 13.9. The summed E-state index contributed by atoms with van der Waals surface area (Å²) in [5.74, 6) is -0.000584. The van der Waals surface area contributed by atoms with E-state index in [0.717, 1.165) is 27.8 Å². The van der Waals surface area contributed by atoms with Crippen molar-refractivity contribution in [3.63, 3.8) is 0 Å². The maximum absolute atomic E-state index is 14.0. The molecular formula is C28H33ClN4O5S. The number of aliphatic hydroxyl groups is 1. The molecule has 2 aromatic carbocycles. The molecule has 1 saturated heterocycles. The molecule has 2 N–H and O–H groups in total. The predicted molar refractivity (Wildman–Crippen MR) is 152 cm³/mol. The Morgan fingerprint density at radius 2 is 1.87 bits per heavy atom. The van der Waals surface area contributed by atoms with E-state index in [9.17, 15) is 23.1 Å². The van der Waals surface area contributed by atoms with E-state index in [1.807, 2.05) is 42.5 Å². The molecule has 5 rings (SSSR count). The maximum Gasteiger partial charge on any atom is 0.317 e. The molecule has 3 heterocycles. The van der Waals surface area contributed by atoms with Gasteiger partial charge in [0.15, 0.2) is 0 Å². The highest BCUT2D eigenvalue weighted by Gasteiger charge is 2.59. The van der Waals surface area contributed by atoms with Crippen molar-refractivity contribution in [2.75, 3.05) is 36.6 Å². The number of nitrogens with zero attached hydrogens (tertiary/aromatic N) is 3. The van der Waals surface area contributed by atoms with Crippen molar-refractivity contribution in [1.29, 1.82) is 0 Å². The van der Waals surface area contributed by atoms with Gasteiger partial charge in [0.1, 0.15) is 15.3 Å². The molecule has 9 nitrogen and oxygen atoms in total. The summed E-state index contributed by atoms with van der Waals surface area (Å²) in [6, 6.07) is 14.9. The molecule has 0 radical (unpaired) electrons. The molecule has 208 valence electrons. The lowest BCUT2D eigenvalue weighted by molar-refractivity contribution is -0.128. The van der Waals surface area contributed by atoms with Gasteiger partial charge in [-0.2, -0.15) is 0 Å². The largest absolute Gasteiger partial charge is 0.394 e. The Morgan fingerprint density at radius 1 is 1.15 bits per heavy atom. The Hall–Kier alpha value is -3.08. The van der Waals surface area contributed by atoms with Crippen LogP contribution in [0.5, 0.6) is 0 Å². The third kappa shape index (κ3) is 5.13. The molecule has 0 unspecified atom stereocenters. The van der Waals surface area contributed by atoms with Crippen LogP contribution in [0.15, 0.2) is 48.5 Å². The fraction of sp³-hybridized carbons (Fsp3) is 0.429. The minimum absolute atomic E-state index is 0.0687. The molecule has 3 aromatic rings. The van der Waals surface area contributed by atoms with E-state index in [4.69, 9.17) is 11.6 Å². The van der Waals surface area contributed by atoms with Crippen molar-refractivity contribution < 1.29 is 23.1 Å². The third-order valence-electron chi connectivity index (χ3n) is 7.58. The van der Waals surface area contributed by atoms with Crippen molar-refractivity contribution in [2.45, 2.75) is 44.3 Å². The van der Waals surface area contributed by atoms with Gasteiger partial charge in [-0.25, -0.2) is 13.2 Å². The summed E-state index contributed by atoms with van der Waals surface area (Å²) in [6.45, 7) is 4.56. The number of halogens is 1.